The van der Waals surface area contributed by atoms with Crippen molar-refractivity contribution in [1.29, 1.82) is 0 Å². The van der Waals surface area contributed by atoms with Gasteiger partial charge in [0.1, 0.15) is 24.2 Å². The molecule has 2 aliphatic heterocycles. The van der Waals surface area contributed by atoms with E-state index in [1.165, 1.54) is 4.90 Å². The van der Waals surface area contributed by atoms with Crippen LogP contribution >= 0.6 is 0 Å². The van der Waals surface area contributed by atoms with E-state index < -0.39 is 17.7 Å². The molecule has 2 atom stereocenters. The number of likely N-dealkylation sites (tertiary alicyclic amines) is 1. The van der Waals surface area contributed by atoms with Crippen molar-refractivity contribution in [1.82, 2.24) is 4.90 Å². The van der Waals surface area contributed by atoms with E-state index in [2.05, 4.69) is 6.58 Å². The molecule has 0 aromatic heterocycles. The van der Waals surface area contributed by atoms with Gasteiger partial charge >= 0.3 is 0 Å². The number of amides is 1. The zero-order chi connectivity index (χ0) is 27.5. The molecule has 3 aromatic carbocycles. The summed E-state index contributed by atoms with van der Waals surface area (Å²) in [5, 5.41) is 11.5. The van der Waals surface area contributed by atoms with Crippen LogP contribution in [0.5, 0.6) is 17.2 Å². The molecule has 0 aliphatic carbocycles. The maximum absolute atomic E-state index is 13.5. The quantitative estimate of drug-likeness (QED) is 0.170. The number of nitrogens with zero attached hydrogens (tertiary/aromatic N) is 1. The minimum absolute atomic E-state index is 0.0325. The molecule has 1 amide bonds. The number of hydrogen-bond donors (Lipinski definition) is 1. The Hall–Kier alpha value is -4.52. The number of aliphatic hydroxyl groups is 1. The van der Waals surface area contributed by atoms with Gasteiger partial charge in [-0.2, -0.15) is 0 Å². The van der Waals surface area contributed by atoms with Gasteiger partial charge in [0.15, 0.2) is 11.5 Å². The van der Waals surface area contributed by atoms with Crippen molar-refractivity contribution in [2.24, 2.45) is 0 Å². The molecule has 1 N–H and O–H groups in total. The molecule has 3 aromatic rings. The van der Waals surface area contributed by atoms with Crippen LogP contribution in [0.1, 0.15) is 42.1 Å². The molecular formula is C32H31NO6. The number of ether oxygens (including phenoxy) is 3. The molecule has 0 saturated carbocycles. The number of rotatable bonds is 9. The summed E-state index contributed by atoms with van der Waals surface area (Å²) in [7, 11) is 0. The van der Waals surface area contributed by atoms with E-state index in [-0.39, 0.29) is 24.0 Å². The van der Waals surface area contributed by atoms with Gasteiger partial charge in [0, 0.05) is 18.5 Å². The first-order valence-corrected chi connectivity index (χ1v) is 13.0. The fraction of sp³-hybridized carbons (Fsp3) is 0.250. The summed E-state index contributed by atoms with van der Waals surface area (Å²) in [5.74, 6) is 0.133. The van der Waals surface area contributed by atoms with Gasteiger partial charge in [-0.3, -0.25) is 9.59 Å². The minimum atomic E-state index is -0.832. The molecule has 1 fully saturated rings. The van der Waals surface area contributed by atoms with Crippen LogP contribution in [0.2, 0.25) is 0 Å². The highest BCUT2D eigenvalue weighted by Gasteiger charge is 2.46. The first kappa shape index (κ1) is 26.1. The van der Waals surface area contributed by atoms with Gasteiger partial charge in [-0.1, -0.05) is 49.1 Å². The first-order valence-electron chi connectivity index (χ1n) is 13.0. The summed E-state index contributed by atoms with van der Waals surface area (Å²) in [5.41, 5.74) is 2.93. The number of hydrogen-bond acceptors (Lipinski definition) is 6. The van der Waals surface area contributed by atoms with Gasteiger partial charge in [-0.05, 0) is 60.9 Å². The smallest absolute Gasteiger partial charge is 0.295 e. The average molecular weight is 526 g/mol. The lowest BCUT2D eigenvalue weighted by Crippen LogP contribution is -2.29. The maximum Gasteiger partial charge on any atom is 0.295 e. The predicted molar refractivity (Wildman–Crippen MR) is 148 cm³/mol. The van der Waals surface area contributed by atoms with Crippen molar-refractivity contribution in [3.8, 4) is 17.2 Å². The van der Waals surface area contributed by atoms with Gasteiger partial charge in [0.2, 0.25) is 0 Å². The molecule has 0 unspecified atom stereocenters. The van der Waals surface area contributed by atoms with Crippen molar-refractivity contribution in [2.75, 3.05) is 13.2 Å². The fourth-order valence-corrected chi connectivity index (χ4v) is 5.13. The van der Waals surface area contributed by atoms with Crippen molar-refractivity contribution >= 4 is 17.4 Å². The molecule has 1 saturated heterocycles. The minimum Gasteiger partial charge on any atom is -0.507 e. The Labute approximate surface area is 227 Å². The molecule has 0 spiro atoms. The van der Waals surface area contributed by atoms with E-state index in [9.17, 15) is 14.7 Å². The second-order valence-electron chi connectivity index (χ2n) is 9.61. The third-order valence-electron chi connectivity index (χ3n) is 6.85. The Balaban J connectivity index is 1.64. The highest BCUT2D eigenvalue weighted by molar-refractivity contribution is 6.46. The highest BCUT2D eigenvalue weighted by atomic mass is 16.5. The lowest BCUT2D eigenvalue weighted by Gasteiger charge is -2.26. The van der Waals surface area contributed by atoms with Crippen LogP contribution < -0.4 is 14.2 Å². The Kier molecular flexibility index (Phi) is 7.41. The van der Waals surface area contributed by atoms with Gasteiger partial charge in [-0.15, -0.1) is 0 Å². The number of ketones is 1. The number of carbonyl (C=O) groups excluding carboxylic acids is 2. The van der Waals surface area contributed by atoms with E-state index in [0.29, 0.717) is 42.3 Å². The SMILES string of the molecule is C=CCOc1ccc([C@@H]2/C(=C(\O)c3ccc4c(c3)C[C@@H](C)O4)C(=O)C(=O)N2Cc2ccccc2)cc1OCC. The van der Waals surface area contributed by atoms with E-state index >= 15 is 0 Å². The largest absolute Gasteiger partial charge is 0.507 e. The Bertz CT molecular complexity index is 1440. The Morgan fingerprint density at radius 1 is 1.08 bits per heavy atom. The zero-order valence-corrected chi connectivity index (χ0v) is 22.1. The number of Topliss-reactive ketones (excluding diaryl/α,β-unsaturated/α-hetero) is 1. The average Bonchev–Trinajstić information content (AvgIpc) is 3.43. The fourth-order valence-electron chi connectivity index (χ4n) is 5.13. The zero-order valence-electron chi connectivity index (χ0n) is 22.1. The third kappa shape index (κ3) is 5.12. The van der Waals surface area contributed by atoms with Crippen LogP contribution in [0, 0.1) is 0 Å². The van der Waals surface area contributed by atoms with Gasteiger partial charge in [0.05, 0.1) is 18.2 Å². The second kappa shape index (κ2) is 11.1. The van der Waals surface area contributed by atoms with Crippen LogP contribution in [-0.2, 0) is 22.6 Å². The number of aliphatic hydroxyl groups excluding tert-OH is 1. The van der Waals surface area contributed by atoms with E-state index in [1.807, 2.05) is 50.2 Å². The van der Waals surface area contributed by atoms with Crippen LogP contribution in [0.3, 0.4) is 0 Å². The number of carbonyl (C=O) groups is 2. The first-order chi connectivity index (χ1) is 18.9. The van der Waals surface area contributed by atoms with Gasteiger partial charge < -0.3 is 24.2 Å². The van der Waals surface area contributed by atoms with Crippen molar-refractivity contribution in [3.63, 3.8) is 0 Å². The maximum atomic E-state index is 13.5. The third-order valence-corrected chi connectivity index (χ3v) is 6.85. The predicted octanol–water partition coefficient (Wildman–Crippen LogP) is 5.60. The molecule has 2 heterocycles. The Morgan fingerprint density at radius 2 is 1.87 bits per heavy atom. The summed E-state index contributed by atoms with van der Waals surface area (Å²) in [6.07, 6.45) is 2.38. The summed E-state index contributed by atoms with van der Waals surface area (Å²) in [4.78, 5) is 28.4. The molecule has 39 heavy (non-hydrogen) atoms. The molecular weight excluding hydrogens is 494 g/mol. The van der Waals surface area contributed by atoms with Crippen molar-refractivity contribution in [3.05, 3.63) is 107 Å². The number of benzene rings is 3. The second-order valence-corrected chi connectivity index (χ2v) is 9.61. The van der Waals surface area contributed by atoms with Crippen molar-refractivity contribution in [2.45, 2.75) is 39.0 Å². The summed E-state index contributed by atoms with van der Waals surface area (Å²) in [6.45, 7) is 8.43. The highest BCUT2D eigenvalue weighted by Crippen LogP contribution is 2.43. The topological polar surface area (TPSA) is 85.3 Å². The standard InChI is InChI=1S/C32H31NO6/c1-4-15-38-26-14-11-22(18-27(26)37-5-2)29-28(30(34)23-12-13-25-24(17-23)16-20(3)39-25)31(35)32(36)33(29)19-21-9-7-6-8-10-21/h4,6-14,17-18,20,29,34H,1,5,15-16,19H2,2-3H3/b30-28+/t20-,29-/m1/s1. The lowest BCUT2D eigenvalue weighted by molar-refractivity contribution is -0.140. The normalized spacial score (nSPS) is 19.5. The van der Waals surface area contributed by atoms with Gasteiger partial charge in [-0.25, -0.2) is 0 Å². The molecule has 0 radical (unpaired) electrons. The van der Waals surface area contributed by atoms with Crippen LogP contribution in [-0.4, -0.2) is 41.0 Å². The summed E-state index contributed by atoms with van der Waals surface area (Å²) in [6, 6.07) is 19.3. The molecule has 7 nitrogen and oxygen atoms in total. The van der Waals surface area contributed by atoms with E-state index in [4.69, 9.17) is 14.2 Å². The Morgan fingerprint density at radius 3 is 2.62 bits per heavy atom. The van der Waals surface area contributed by atoms with Crippen LogP contribution in [0.25, 0.3) is 5.76 Å². The summed E-state index contributed by atoms with van der Waals surface area (Å²) >= 11 is 0. The van der Waals surface area contributed by atoms with Crippen LogP contribution in [0.4, 0.5) is 0 Å². The van der Waals surface area contributed by atoms with Crippen LogP contribution in [0.15, 0.2) is 85.0 Å². The van der Waals surface area contributed by atoms with Crippen molar-refractivity contribution < 1.29 is 28.9 Å². The molecule has 200 valence electrons. The molecule has 2 aliphatic rings. The molecule has 5 rings (SSSR count). The molecule has 7 heteroatoms. The van der Waals surface area contributed by atoms with Gasteiger partial charge in [0.25, 0.3) is 11.7 Å². The summed E-state index contributed by atoms with van der Waals surface area (Å²) < 4.78 is 17.4. The lowest BCUT2D eigenvalue weighted by atomic mass is 9.94. The molecule has 0 bridgehead atoms. The van der Waals surface area contributed by atoms with E-state index in [0.717, 1.165) is 16.9 Å². The monoisotopic (exact) mass is 525 g/mol. The number of fused-ring (bicyclic) bond motifs is 1. The van der Waals surface area contributed by atoms with E-state index in [1.54, 1.807) is 36.4 Å².